The lowest BCUT2D eigenvalue weighted by Crippen LogP contribution is -2.59. The molecule has 0 aromatic carbocycles. The van der Waals surface area contributed by atoms with Crippen molar-refractivity contribution in [3.8, 4) is 5.75 Å². The van der Waals surface area contributed by atoms with Crippen LogP contribution in [0.25, 0.3) is 11.0 Å². The lowest BCUT2D eigenvalue weighted by Gasteiger charge is -2.41. The summed E-state index contributed by atoms with van der Waals surface area (Å²) < 4.78 is 12.7. The molecule has 1 atom stereocenters. The van der Waals surface area contributed by atoms with Crippen LogP contribution in [0, 0.1) is 0 Å². The summed E-state index contributed by atoms with van der Waals surface area (Å²) in [4.78, 5) is 60.9. The van der Waals surface area contributed by atoms with Crippen molar-refractivity contribution >= 4 is 46.5 Å². The molecule has 1 saturated carbocycles. The van der Waals surface area contributed by atoms with E-state index in [-0.39, 0.29) is 42.1 Å². The van der Waals surface area contributed by atoms with Crippen LogP contribution in [0.2, 0.25) is 0 Å². The molecule has 7 rings (SSSR count). The Labute approximate surface area is 226 Å². The van der Waals surface area contributed by atoms with Gasteiger partial charge in [-0.15, -0.1) is 0 Å². The van der Waals surface area contributed by atoms with E-state index in [1.165, 1.54) is 11.1 Å². The van der Waals surface area contributed by atoms with E-state index in [4.69, 9.17) is 14.5 Å². The Bertz CT molecular complexity index is 1630. The Morgan fingerprint density at radius 3 is 2.65 bits per heavy atom. The number of pyridine rings is 3. The normalized spacial score (nSPS) is 20.6. The summed E-state index contributed by atoms with van der Waals surface area (Å²) in [5, 5.41) is 15.8. The fourth-order valence-electron chi connectivity index (χ4n) is 5.19. The highest BCUT2D eigenvalue weighted by molar-refractivity contribution is 5.95. The van der Waals surface area contributed by atoms with Crippen LogP contribution in [0.3, 0.4) is 0 Å². The number of ether oxygens (including phenoxy) is 2. The quantitative estimate of drug-likeness (QED) is 0.385. The number of amides is 2. The molecule has 14 nitrogen and oxygen atoms in total. The van der Waals surface area contributed by atoms with Gasteiger partial charge in [-0.2, -0.15) is 0 Å². The Balaban J connectivity index is 0.976. The van der Waals surface area contributed by atoms with E-state index < -0.39 is 17.5 Å². The standard InChI is InChI=1S/C26H25N7O7/c34-21-12-39-18-4-6-20(28-23(18)30-21)33-10-15(40-26(33)38)7-27-13-8-31(9-13)19-5-3-16-22(35)17(25(36)37)11-32(14-1-2-14)24(16)29-19/h3-6,11,13-15,27H,1-2,7-10,12H2,(H,36,37)(H,28,30,34). The van der Waals surface area contributed by atoms with E-state index in [0.717, 1.165) is 18.7 Å². The molecule has 1 unspecified atom stereocenters. The fraction of sp³-hybridized carbons (Fsp3) is 0.385. The number of fused-ring (bicyclic) bond motifs is 2. The van der Waals surface area contributed by atoms with Crippen molar-refractivity contribution in [2.24, 2.45) is 0 Å². The van der Waals surface area contributed by atoms with Crippen molar-refractivity contribution in [1.29, 1.82) is 0 Å². The number of carbonyl (C=O) groups excluding carboxylic acids is 2. The first-order valence-electron chi connectivity index (χ1n) is 13.0. The van der Waals surface area contributed by atoms with Gasteiger partial charge < -0.3 is 34.7 Å². The van der Waals surface area contributed by atoms with E-state index in [1.807, 2.05) is 4.57 Å². The van der Waals surface area contributed by atoms with Gasteiger partial charge in [-0.1, -0.05) is 0 Å². The second-order valence-electron chi connectivity index (χ2n) is 10.3. The van der Waals surface area contributed by atoms with E-state index >= 15 is 0 Å². The van der Waals surface area contributed by atoms with Crippen LogP contribution in [0.4, 0.5) is 22.2 Å². The third kappa shape index (κ3) is 4.25. The number of rotatable bonds is 7. The number of aromatic nitrogens is 3. The first-order valence-corrected chi connectivity index (χ1v) is 13.0. The smallest absolute Gasteiger partial charge is 0.416 e. The minimum Gasteiger partial charge on any atom is -0.480 e. The highest BCUT2D eigenvalue weighted by atomic mass is 16.6. The number of carbonyl (C=O) groups is 3. The zero-order chi connectivity index (χ0) is 27.5. The molecule has 2 amide bonds. The average molecular weight is 548 g/mol. The van der Waals surface area contributed by atoms with Crippen LogP contribution in [-0.4, -0.2) is 82.5 Å². The number of carboxylic acid groups (broad SMARTS) is 1. The maximum Gasteiger partial charge on any atom is 0.416 e. The van der Waals surface area contributed by atoms with Gasteiger partial charge in [0.05, 0.1) is 11.9 Å². The van der Waals surface area contributed by atoms with Crippen LogP contribution in [-0.2, 0) is 9.53 Å². The molecule has 3 N–H and O–H groups in total. The number of carboxylic acids is 1. The van der Waals surface area contributed by atoms with E-state index in [9.17, 15) is 24.3 Å². The molecule has 3 aliphatic heterocycles. The summed E-state index contributed by atoms with van der Waals surface area (Å²) in [5.41, 5.74) is -0.256. The lowest BCUT2D eigenvalue weighted by molar-refractivity contribution is -0.118. The van der Waals surface area contributed by atoms with E-state index in [1.54, 1.807) is 24.3 Å². The van der Waals surface area contributed by atoms with Crippen molar-refractivity contribution in [2.45, 2.75) is 31.0 Å². The molecule has 40 heavy (non-hydrogen) atoms. The summed E-state index contributed by atoms with van der Waals surface area (Å²) in [6.45, 7) is 2.05. The van der Waals surface area contributed by atoms with Crippen LogP contribution in [0.5, 0.6) is 5.75 Å². The minimum atomic E-state index is -1.24. The van der Waals surface area contributed by atoms with Crippen LogP contribution >= 0.6 is 0 Å². The van der Waals surface area contributed by atoms with Crippen molar-refractivity contribution in [2.75, 3.05) is 47.9 Å². The molecule has 14 heteroatoms. The average Bonchev–Trinajstić information content (AvgIpc) is 3.69. The molecule has 6 heterocycles. The first kappa shape index (κ1) is 24.3. The Kier molecular flexibility index (Phi) is 5.59. The summed E-state index contributed by atoms with van der Waals surface area (Å²) in [6, 6.07) is 7.03. The number of nitrogens with one attached hydrogen (secondary N) is 2. The van der Waals surface area contributed by atoms with Crippen molar-refractivity contribution < 1.29 is 29.0 Å². The van der Waals surface area contributed by atoms with Gasteiger partial charge in [0.25, 0.3) is 5.91 Å². The van der Waals surface area contributed by atoms with Gasteiger partial charge in [0.1, 0.15) is 29.0 Å². The van der Waals surface area contributed by atoms with E-state index in [0.29, 0.717) is 48.8 Å². The molecule has 0 spiro atoms. The highest BCUT2D eigenvalue weighted by Crippen LogP contribution is 2.37. The van der Waals surface area contributed by atoms with Crippen LogP contribution in [0.1, 0.15) is 29.2 Å². The van der Waals surface area contributed by atoms with Crippen molar-refractivity contribution in [3.05, 3.63) is 46.2 Å². The summed E-state index contributed by atoms with van der Waals surface area (Å²) in [7, 11) is 0. The molecular formula is C26H25N7O7. The maximum atomic E-state index is 12.7. The second-order valence-corrected chi connectivity index (χ2v) is 10.3. The second kappa shape index (κ2) is 9.19. The number of cyclic esters (lactones) is 1. The third-order valence-electron chi connectivity index (χ3n) is 7.48. The van der Waals surface area contributed by atoms with Crippen molar-refractivity contribution in [3.63, 3.8) is 0 Å². The summed E-state index contributed by atoms with van der Waals surface area (Å²) >= 11 is 0. The van der Waals surface area contributed by atoms with Gasteiger partial charge in [-0.25, -0.2) is 19.6 Å². The Morgan fingerprint density at radius 1 is 1.07 bits per heavy atom. The van der Waals surface area contributed by atoms with Gasteiger partial charge in [-0.3, -0.25) is 14.5 Å². The molecule has 0 bridgehead atoms. The SMILES string of the molecule is O=C1COc2ccc(N3CC(CNC4CN(c5ccc6c(=O)c(C(=O)O)cn(C7CC7)c6n5)C4)OC3=O)nc2N1. The van der Waals surface area contributed by atoms with Gasteiger partial charge >= 0.3 is 12.1 Å². The predicted molar refractivity (Wildman–Crippen MR) is 141 cm³/mol. The van der Waals surface area contributed by atoms with Gasteiger partial charge in [0.15, 0.2) is 18.2 Å². The number of hydrogen-bond donors (Lipinski definition) is 3. The Morgan fingerprint density at radius 2 is 1.88 bits per heavy atom. The topological polar surface area (TPSA) is 168 Å². The van der Waals surface area contributed by atoms with Gasteiger partial charge in [-0.05, 0) is 37.1 Å². The molecule has 206 valence electrons. The maximum absolute atomic E-state index is 12.7. The number of hydrogen-bond acceptors (Lipinski definition) is 10. The highest BCUT2D eigenvalue weighted by Gasteiger charge is 2.36. The molecular weight excluding hydrogens is 522 g/mol. The lowest BCUT2D eigenvalue weighted by atomic mass is 10.1. The minimum absolute atomic E-state index is 0.0712. The van der Waals surface area contributed by atoms with Crippen LogP contribution < -0.4 is 30.6 Å². The van der Waals surface area contributed by atoms with Crippen molar-refractivity contribution in [1.82, 2.24) is 19.9 Å². The molecule has 3 fully saturated rings. The zero-order valence-electron chi connectivity index (χ0n) is 21.2. The predicted octanol–water partition coefficient (Wildman–Crippen LogP) is 0.959. The summed E-state index contributed by atoms with van der Waals surface area (Å²) in [5.74, 6) is 0.271. The fourth-order valence-corrected chi connectivity index (χ4v) is 5.19. The number of aromatic carboxylic acids is 1. The largest absolute Gasteiger partial charge is 0.480 e. The van der Waals surface area contributed by atoms with Gasteiger partial charge in [0.2, 0.25) is 5.43 Å². The van der Waals surface area contributed by atoms with E-state index in [2.05, 4.69) is 20.5 Å². The summed E-state index contributed by atoms with van der Waals surface area (Å²) in [6.07, 6.45) is 2.38. The molecule has 3 aromatic heterocycles. The molecule has 0 radical (unpaired) electrons. The zero-order valence-corrected chi connectivity index (χ0v) is 21.2. The molecule has 4 aliphatic rings. The monoisotopic (exact) mass is 547 g/mol. The third-order valence-corrected chi connectivity index (χ3v) is 7.48. The molecule has 2 saturated heterocycles. The molecule has 3 aromatic rings. The van der Waals surface area contributed by atoms with Gasteiger partial charge in [0, 0.05) is 37.9 Å². The molecule has 1 aliphatic carbocycles. The number of anilines is 3. The first-order chi connectivity index (χ1) is 19.3. The van der Waals surface area contributed by atoms with Crippen LogP contribution in [0.15, 0.2) is 35.3 Å². The Hall–Kier alpha value is -4.72. The number of nitrogens with zero attached hydrogens (tertiary/aromatic N) is 5.